The van der Waals surface area contributed by atoms with E-state index in [-0.39, 0.29) is 12.5 Å². The number of hydrogen-bond donors (Lipinski definition) is 2. The van der Waals surface area contributed by atoms with Crippen molar-refractivity contribution in [2.45, 2.75) is 6.92 Å². The van der Waals surface area contributed by atoms with Gasteiger partial charge in [0.05, 0.1) is 5.02 Å². The van der Waals surface area contributed by atoms with Crippen molar-refractivity contribution in [3.05, 3.63) is 58.6 Å². The minimum absolute atomic E-state index is 0.141. The standard InChI is InChI=1S/C18H18Cl2N6O2/c1-12-24-16(10-17(25-12)26-8-2-5-23-26)21-6-7-22-18(27)11-28-15-4-3-13(19)9-14(15)20/h2-5,8-10H,6-7,11H2,1H3,(H,22,27)(H,21,24,25). The molecule has 1 amide bonds. The van der Waals surface area contributed by atoms with Crippen molar-refractivity contribution < 1.29 is 9.53 Å². The Labute approximate surface area is 171 Å². The van der Waals surface area contributed by atoms with E-state index in [0.717, 1.165) is 0 Å². The first kappa shape index (κ1) is 19.9. The van der Waals surface area contributed by atoms with Crippen molar-refractivity contribution in [2.75, 3.05) is 25.0 Å². The number of benzene rings is 1. The lowest BCUT2D eigenvalue weighted by Crippen LogP contribution is -2.32. The highest BCUT2D eigenvalue weighted by Gasteiger charge is 2.07. The Balaban J connectivity index is 1.43. The molecular weight excluding hydrogens is 403 g/mol. The van der Waals surface area contributed by atoms with Crippen LogP contribution < -0.4 is 15.4 Å². The van der Waals surface area contributed by atoms with Crippen LogP contribution in [-0.4, -0.2) is 45.4 Å². The Morgan fingerprint density at radius 1 is 1.21 bits per heavy atom. The van der Waals surface area contributed by atoms with Crippen LogP contribution in [0.1, 0.15) is 5.82 Å². The third-order valence-electron chi connectivity index (χ3n) is 3.57. The van der Waals surface area contributed by atoms with E-state index in [2.05, 4.69) is 25.7 Å². The number of anilines is 1. The van der Waals surface area contributed by atoms with Crippen molar-refractivity contribution in [1.29, 1.82) is 0 Å². The van der Waals surface area contributed by atoms with Gasteiger partial charge in [-0.1, -0.05) is 23.2 Å². The van der Waals surface area contributed by atoms with E-state index < -0.39 is 0 Å². The van der Waals surface area contributed by atoms with Crippen molar-refractivity contribution in [3.8, 4) is 11.6 Å². The molecule has 0 bridgehead atoms. The zero-order chi connectivity index (χ0) is 19.9. The van der Waals surface area contributed by atoms with Crippen molar-refractivity contribution in [3.63, 3.8) is 0 Å². The molecule has 0 aliphatic heterocycles. The summed E-state index contributed by atoms with van der Waals surface area (Å²) in [5, 5.41) is 10.9. The number of rotatable bonds is 8. The first-order valence-electron chi connectivity index (χ1n) is 8.45. The summed E-state index contributed by atoms with van der Waals surface area (Å²) >= 11 is 11.8. The summed E-state index contributed by atoms with van der Waals surface area (Å²) in [5.74, 6) is 2.08. The molecule has 0 fully saturated rings. The van der Waals surface area contributed by atoms with Gasteiger partial charge in [-0.3, -0.25) is 4.79 Å². The van der Waals surface area contributed by atoms with E-state index in [0.29, 0.717) is 46.3 Å². The summed E-state index contributed by atoms with van der Waals surface area (Å²) in [4.78, 5) is 20.6. The van der Waals surface area contributed by atoms with Gasteiger partial charge in [0.1, 0.15) is 17.4 Å². The Bertz CT molecular complexity index is 949. The second kappa shape index (κ2) is 9.38. The van der Waals surface area contributed by atoms with Crippen molar-refractivity contribution in [1.82, 2.24) is 25.1 Å². The summed E-state index contributed by atoms with van der Waals surface area (Å²) in [7, 11) is 0. The maximum absolute atomic E-state index is 11.9. The fraction of sp³-hybridized carbons (Fsp3) is 0.222. The Morgan fingerprint density at radius 3 is 2.82 bits per heavy atom. The number of carbonyl (C=O) groups is 1. The Kier molecular flexibility index (Phi) is 6.67. The van der Waals surface area contributed by atoms with Crippen LogP contribution in [0, 0.1) is 6.92 Å². The van der Waals surface area contributed by atoms with Crippen LogP contribution in [0.15, 0.2) is 42.7 Å². The van der Waals surface area contributed by atoms with Gasteiger partial charge in [0.25, 0.3) is 5.91 Å². The highest BCUT2D eigenvalue weighted by molar-refractivity contribution is 6.35. The molecule has 10 heteroatoms. The number of nitrogens with one attached hydrogen (secondary N) is 2. The van der Waals surface area contributed by atoms with Gasteiger partial charge < -0.3 is 15.4 Å². The Morgan fingerprint density at radius 2 is 2.07 bits per heavy atom. The van der Waals surface area contributed by atoms with Crippen molar-refractivity contribution >= 4 is 34.9 Å². The third-order valence-corrected chi connectivity index (χ3v) is 4.10. The molecule has 0 aliphatic rings. The second-order valence-electron chi connectivity index (χ2n) is 5.75. The van der Waals surface area contributed by atoms with Gasteiger partial charge in [-0.2, -0.15) is 5.10 Å². The topological polar surface area (TPSA) is 94.0 Å². The predicted octanol–water partition coefficient (Wildman–Crippen LogP) is 2.88. The van der Waals surface area contributed by atoms with Gasteiger partial charge in [0.2, 0.25) is 0 Å². The molecule has 0 spiro atoms. The molecule has 0 saturated carbocycles. The number of aromatic nitrogens is 4. The summed E-state index contributed by atoms with van der Waals surface area (Å²) in [5.41, 5.74) is 0. The largest absolute Gasteiger partial charge is 0.482 e. The summed E-state index contributed by atoms with van der Waals surface area (Å²) in [6.07, 6.45) is 3.48. The van der Waals surface area contributed by atoms with Crippen LogP contribution in [0.3, 0.4) is 0 Å². The van der Waals surface area contributed by atoms with Gasteiger partial charge in [0.15, 0.2) is 12.4 Å². The molecule has 0 unspecified atom stereocenters. The molecule has 146 valence electrons. The second-order valence-corrected chi connectivity index (χ2v) is 6.59. The molecule has 2 N–H and O–H groups in total. The van der Waals surface area contributed by atoms with Crippen LogP contribution in [0.4, 0.5) is 5.82 Å². The lowest BCUT2D eigenvalue weighted by atomic mass is 10.3. The highest BCUT2D eigenvalue weighted by atomic mass is 35.5. The number of amides is 1. The first-order valence-corrected chi connectivity index (χ1v) is 9.21. The fourth-order valence-electron chi connectivity index (χ4n) is 2.34. The monoisotopic (exact) mass is 420 g/mol. The average molecular weight is 421 g/mol. The molecule has 3 rings (SSSR count). The number of carbonyl (C=O) groups excluding carboxylic acids is 1. The van der Waals surface area contributed by atoms with Gasteiger partial charge in [-0.25, -0.2) is 14.6 Å². The van der Waals surface area contributed by atoms with Crippen LogP contribution in [0.2, 0.25) is 10.0 Å². The van der Waals surface area contributed by atoms with Crippen LogP contribution >= 0.6 is 23.2 Å². The smallest absolute Gasteiger partial charge is 0.258 e. The molecule has 0 saturated heterocycles. The lowest BCUT2D eigenvalue weighted by molar-refractivity contribution is -0.123. The number of hydrogen-bond acceptors (Lipinski definition) is 6. The van der Waals surface area contributed by atoms with Crippen LogP contribution in [0.5, 0.6) is 5.75 Å². The maximum Gasteiger partial charge on any atom is 0.258 e. The minimum atomic E-state index is -0.260. The highest BCUT2D eigenvalue weighted by Crippen LogP contribution is 2.27. The predicted molar refractivity (Wildman–Crippen MR) is 107 cm³/mol. The van der Waals surface area contributed by atoms with E-state index >= 15 is 0 Å². The average Bonchev–Trinajstić information content (AvgIpc) is 3.19. The molecule has 2 heterocycles. The third kappa shape index (κ3) is 5.58. The van der Waals surface area contributed by atoms with Gasteiger partial charge in [-0.05, 0) is 31.2 Å². The van der Waals surface area contributed by atoms with Gasteiger partial charge in [-0.15, -0.1) is 0 Å². The molecule has 28 heavy (non-hydrogen) atoms. The van der Waals surface area contributed by atoms with Crippen molar-refractivity contribution in [2.24, 2.45) is 0 Å². The maximum atomic E-state index is 11.9. The van der Waals surface area contributed by atoms with E-state index in [1.807, 2.05) is 6.07 Å². The molecule has 8 nitrogen and oxygen atoms in total. The normalized spacial score (nSPS) is 10.5. The van der Waals surface area contributed by atoms with E-state index in [9.17, 15) is 4.79 Å². The summed E-state index contributed by atoms with van der Waals surface area (Å²) in [6, 6.07) is 8.42. The lowest BCUT2D eigenvalue weighted by Gasteiger charge is -2.11. The quantitative estimate of drug-likeness (QED) is 0.544. The fourth-order valence-corrected chi connectivity index (χ4v) is 2.81. The van der Waals surface area contributed by atoms with Crippen LogP contribution in [0.25, 0.3) is 5.82 Å². The molecule has 2 aromatic heterocycles. The zero-order valence-corrected chi connectivity index (χ0v) is 16.5. The number of halogens is 2. The molecular formula is C18H18Cl2N6O2. The van der Waals surface area contributed by atoms with E-state index in [1.165, 1.54) is 0 Å². The molecule has 0 atom stereocenters. The summed E-state index contributed by atoms with van der Waals surface area (Å²) in [6.45, 7) is 2.55. The van der Waals surface area contributed by atoms with E-state index in [1.54, 1.807) is 48.3 Å². The molecule has 0 aliphatic carbocycles. The number of aryl methyl sites for hydroxylation is 1. The first-order chi connectivity index (χ1) is 13.5. The van der Waals surface area contributed by atoms with Crippen LogP contribution in [-0.2, 0) is 4.79 Å². The minimum Gasteiger partial charge on any atom is -0.482 e. The zero-order valence-electron chi connectivity index (χ0n) is 15.0. The van der Waals surface area contributed by atoms with E-state index in [4.69, 9.17) is 27.9 Å². The molecule has 3 aromatic rings. The van der Waals surface area contributed by atoms with Gasteiger partial charge >= 0.3 is 0 Å². The molecule has 0 radical (unpaired) electrons. The molecule has 1 aromatic carbocycles. The summed E-state index contributed by atoms with van der Waals surface area (Å²) < 4.78 is 7.04. The number of ether oxygens (including phenoxy) is 1. The van der Waals surface area contributed by atoms with Gasteiger partial charge in [0, 0.05) is 36.6 Å². The Hall–Kier alpha value is -2.84. The SMILES string of the molecule is Cc1nc(NCCNC(=O)COc2ccc(Cl)cc2Cl)cc(-n2cccn2)n1. The number of nitrogens with zero attached hydrogens (tertiary/aromatic N) is 4.